The van der Waals surface area contributed by atoms with E-state index >= 15 is 0 Å². The lowest BCUT2D eigenvalue weighted by molar-refractivity contribution is -0.192. The molecule has 3 N–H and O–H groups in total. The molecule has 0 aromatic heterocycles. The SMILES string of the molecule is N#Cc1ccc(N(CN)c2ccccc2)c(F)c1.O=C(O)C(F)(F)F. The Balaban J connectivity index is 0.000000381. The lowest BCUT2D eigenvalue weighted by Gasteiger charge is -2.23. The zero-order chi connectivity index (χ0) is 19.0. The van der Waals surface area contributed by atoms with Crippen LogP contribution in [0.5, 0.6) is 0 Å². The maximum absolute atomic E-state index is 13.9. The van der Waals surface area contributed by atoms with Crippen LogP contribution >= 0.6 is 0 Å². The van der Waals surface area contributed by atoms with Gasteiger partial charge in [-0.2, -0.15) is 18.4 Å². The third-order valence-corrected chi connectivity index (χ3v) is 2.86. The quantitative estimate of drug-likeness (QED) is 0.651. The molecule has 0 saturated heterocycles. The Morgan fingerprint density at radius 2 is 1.76 bits per heavy atom. The first kappa shape index (κ1) is 19.9. The van der Waals surface area contributed by atoms with Gasteiger partial charge in [0.2, 0.25) is 0 Å². The molecule has 0 atom stereocenters. The van der Waals surface area contributed by atoms with Crippen molar-refractivity contribution < 1.29 is 27.5 Å². The number of nitrogens with zero attached hydrogens (tertiary/aromatic N) is 2. The molecule has 0 radical (unpaired) electrons. The average Bonchev–Trinajstić information content (AvgIpc) is 2.57. The van der Waals surface area contributed by atoms with Gasteiger partial charge < -0.3 is 15.7 Å². The monoisotopic (exact) mass is 355 g/mol. The summed E-state index contributed by atoms with van der Waals surface area (Å²) in [5.41, 5.74) is 7.14. The molecule has 2 aromatic rings. The van der Waals surface area contributed by atoms with Gasteiger partial charge in [-0.15, -0.1) is 0 Å². The number of halogens is 4. The third kappa shape index (κ3) is 5.78. The summed E-state index contributed by atoms with van der Waals surface area (Å²) in [5, 5.41) is 15.8. The highest BCUT2D eigenvalue weighted by atomic mass is 19.4. The van der Waals surface area contributed by atoms with E-state index in [1.54, 1.807) is 17.0 Å². The van der Waals surface area contributed by atoms with Crippen molar-refractivity contribution >= 4 is 17.3 Å². The van der Waals surface area contributed by atoms with E-state index < -0.39 is 18.0 Å². The lowest BCUT2D eigenvalue weighted by Crippen LogP contribution is -2.25. The van der Waals surface area contributed by atoms with E-state index in [1.807, 2.05) is 36.4 Å². The van der Waals surface area contributed by atoms with E-state index in [2.05, 4.69) is 0 Å². The molecule has 0 heterocycles. The van der Waals surface area contributed by atoms with Crippen molar-refractivity contribution in [2.75, 3.05) is 11.6 Å². The normalized spacial score (nSPS) is 10.2. The topological polar surface area (TPSA) is 90.4 Å². The lowest BCUT2D eigenvalue weighted by atomic mass is 10.2. The molecule has 25 heavy (non-hydrogen) atoms. The van der Waals surface area contributed by atoms with Crippen LogP contribution in [0.2, 0.25) is 0 Å². The largest absolute Gasteiger partial charge is 0.490 e. The Morgan fingerprint density at radius 1 is 1.20 bits per heavy atom. The van der Waals surface area contributed by atoms with Crippen LogP contribution in [0.1, 0.15) is 5.56 Å². The number of nitrogens with two attached hydrogens (primary N) is 1. The van der Waals surface area contributed by atoms with Crippen LogP contribution in [0.25, 0.3) is 0 Å². The number of anilines is 2. The molecule has 2 aromatic carbocycles. The highest BCUT2D eigenvalue weighted by Gasteiger charge is 2.38. The van der Waals surface area contributed by atoms with Gasteiger partial charge in [0.05, 0.1) is 24.0 Å². The summed E-state index contributed by atoms with van der Waals surface area (Å²) < 4.78 is 45.6. The number of rotatable bonds is 3. The van der Waals surface area contributed by atoms with E-state index in [-0.39, 0.29) is 6.67 Å². The van der Waals surface area contributed by atoms with Crippen LogP contribution in [-0.2, 0) is 4.79 Å². The van der Waals surface area contributed by atoms with Crippen LogP contribution in [-0.4, -0.2) is 23.9 Å². The predicted molar refractivity (Wildman–Crippen MR) is 82.4 cm³/mol. The number of carbonyl (C=O) groups is 1. The summed E-state index contributed by atoms with van der Waals surface area (Å²) in [6, 6.07) is 15.6. The van der Waals surface area contributed by atoms with Gasteiger partial charge in [-0.3, -0.25) is 0 Å². The van der Waals surface area contributed by atoms with Gasteiger partial charge in [-0.1, -0.05) is 18.2 Å². The van der Waals surface area contributed by atoms with Gasteiger partial charge in [-0.25, -0.2) is 9.18 Å². The molecule has 0 amide bonds. The summed E-state index contributed by atoms with van der Waals surface area (Å²) in [7, 11) is 0. The van der Waals surface area contributed by atoms with Crippen molar-refractivity contribution in [2.24, 2.45) is 5.73 Å². The van der Waals surface area contributed by atoms with Crippen molar-refractivity contribution in [3.63, 3.8) is 0 Å². The first-order valence-electron chi connectivity index (χ1n) is 6.73. The minimum Gasteiger partial charge on any atom is -0.475 e. The molecule has 0 aliphatic carbocycles. The van der Waals surface area contributed by atoms with E-state index in [0.29, 0.717) is 11.3 Å². The van der Waals surface area contributed by atoms with Crippen LogP contribution in [0.15, 0.2) is 48.5 Å². The van der Waals surface area contributed by atoms with Gasteiger partial charge in [0.1, 0.15) is 5.82 Å². The molecule has 0 fully saturated rings. The molecule has 5 nitrogen and oxygen atoms in total. The van der Waals surface area contributed by atoms with Gasteiger partial charge in [-0.05, 0) is 30.3 Å². The summed E-state index contributed by atoms with van der Waals surface area (Å²) in [6.45, 7) is 0.160. The van der Waals surface area contributed by atoms with E-state index in [0.717, 1.165) is 5.69 Å². The average molecular weight is 355 g/mol. The molecule has 0 aliphatic rings. The van der Waals surface area contributed by atoms with Crippen LogP contribution in [0, 0.1) is 17.1 Å². The van der Waals surface area contributed by atoms with Gasteiger partial charge in [0.15, 0.2) is 0 Å². The summed E-state index contributed by atoms with van der Waals surface area (Å²) in [5.74, 6) is -3.21. The minimum atomic E-state index is -5.08. The van der Waals surface area contributed by atoms with Gasteiger partial charge in [0.25, 0.3) is 0 Å². The van der Waals surface area contributed by atoms with Crippen LogP contribution in [0.3, 0.4) is 0 Å². The Labute approximate surface area is 140 Å². The first-order chi connectivity index (χ1) is 11.7. The van der Waals surface area contributed by atoms with Crippen LogP contribution in [0.4, 0.5) is 28.9 Å². The summed E-state index contributed by atoms with van der Waals surface area (Å²) in [4.78, 5) is 10.5. The number of para-hydroxylation sites is 1. The number of nitriles is 1. The van der Waals surface area contributed by atoms with Gasteiger partial charge in [0, 0.05) is 5.69 Å². The Morgan fingerprint density at radius 3 is 2.16 bits per heavy atom. The highest BCUT2D eigenvalue weighted by molar-refractivity contribution is 5.73. The highest BCUT2D eigenvalue weighted by Crippen LogP contribution is 2.27. The van der Waals surface area contributed by atoms with E-state index in [9.17, 15) is 17.6 Å². The fraction of sp³-hybridized carbons (Fsp3) is 0.125. The van der Waals surface area contributed by atoms with Gasteiger partial charge >= 0.3 is 12.1 Å². The minimum absolute atomic E-state index is 0.160. The number of carboxylic acids is 1. The zero-order valence-corrected chi connectivity index (χ0v) is 12.7. The fourth-order valence-corrected chi connectivity index (χ4v) is 1.75. The molecule has 2 rings (SSSR count). The fourth-order valence-electron chi connectivity index (χ4n) is 1.75. The Kier molecular flexibility index (Phi) is 6.90. The van der Waals surface area contributed by atoms with Crippen molar-refractivity contribution in [1.29, 1.82) is 5.26 Å². The molecular weight excluding hydrogens is 342 g/mol. The summed E-state index contributed by atoms with van der Waals surface area (Å²) >= 11 is 0. The second-order valence-electron chi connectivity index (χ2n) is 4.53. The van der Waals surface area contributed by atoms with Crippen molar-refractivity contribution in [3.8, 4) is 6.07 Å². The standard InChI is InChI=1S/C14H12FN3.C2HF3O2/c15-13-8-11(9-16)6-7-14(13)18(10-17)12-4-2-1-3-5-12;3-2(4,5)1(6)7/h1-8H,10,17H2;(H,6,7). The third-order valence-electron chi connectivity index (χ3n) is 2.86. The first-order valence-corrected chi connectivity index (χ1v) is 6.73. The van der Waals surface area contributed by atoms with Crippen LogP contribution < -0.4 is 10.6 Å². The van der Waals surface area contributed by atoms with E-state index in [4.69, 9.17) is 20.9 Å². The maximum Gasteiger partial charge on any atom is 0.490 e. The Hall–Kier alpha value is -3.12. The second-order valence-corrected chi connectivity index (χ2v) is 4.53. The molecule has 0 aliphatic heterocycles. The van der Waals surface area contributed by atoms with E-state index in [1.165, 1.54) is 6.07 Å². The second kappa shape index (κ2) is 8.65. The number of benzene rings is 2. The molecule has 0 saturated carbocycles. The van der Waals surface area contributed by atoms with Crippen molar-refractivity contribution in [2.45, 2.75) is 6.18 Å². The maximum atomic E-state index is 13.9. The number of hydrogen-bond donors (Lipinski definition) is 2. The molecule has 132 valence electrons. The van der Waals surface area contributed by atoms with Crippen molar-refractivity contribution in [3.05, 3.63) is 59.9 Å². The molecule has 0 bridgehead atoms. The molecule has 9 heteroatoms. The molecule has 0 spiro atoms. The Bertz CT molecular complexity index is 758. The molecule has 0 unspecified atom stereocenters. The number of alkyl halides is 3. The predicted octanol–water partition coefficient (Wildman–Crippen LogP) is 3.38. The zero-order valence-electron chi connectivity index (χ0n) is 12.7. The number of carboxylic acid groups (broad SMARTS) is 1. The molecular formula is C16H13F4N3O2. The summed E-state index contributed by atoms with van der Waals surface area (Å²) in [6.07, 6.45) is -5.08. The number of aliphatic carboxylic acids is 1. The smallest absolute Gasteiger partial charge is 0.475 e. The number of hydrogen-bond acceptors (Lipinski definition) is 4. The van der Waals surface area contributed by atoms with Crippen molar-refractivity contribution in [1.82, 2.24) is 0 Å².